The van der Waals surface area contributed by atoms with Crippen molar-refractivity contribution in [2.75, 3.05) is 47.5 Å². The molecule has 2 rings (SSSR count). The van der Waals surface area contributed by atoms with Crippen LogP contribution in [0.5, 0.6) is 11.5 Å². The number of rotatable bonds is 13. The second-order valence-electron chi connectivity index (χ2n) is 8.32. The van der Waals surface area contributed by atoms with Gasteiger partial charge in [-0.3, -0.25) is 4.79 Å². The monoisotopic (exact) mass is 441 g/mol. The zero-order valence-electron chi connectivity index (χ0n) is 19.1. The molecule has 2 aromatic carbocycles. The second-order valence-corrected chi connectivity index (χ2v) is 8.32. The Morgan fingerprint density at radius 2 is 1.88 bits per heavy atom. The summed E-state index contributed by atoms with van der Waals surface area (Å²) in [5, 5.41) is 19.1. The summed E-state index contributed by atoms with van der Waals surface area (Å²) in [6.45, 7) is 1.62. The number of esters is 1. The van der Waals surface area contributed by atoms with Crippen LogP contribution in [0.25, 0.3) is 0 Å². The van der Waals surface area contributed by atoms with E-state index in [1.54, 1.807) is 19.2 Å². The number of hydrogen-bond acceptors (Lipinski definition) is 6. The molecule has 0 heterocycles. The molecular weight excluding hydrogens is 408 g/mol. The summed E-state index contributed by atoms with van der Waals surface area (Å²) in [6, 6.07) is 17.2. The third kappa shape index (κ3) is 8.96. The Morgan fingerprint density at radius 1 is 1.16 bits per heavy atom. The Bertz CT molecular complexity index is 890. The molecule has 0 amide bonds. The number of nitrogens with zero attached hydrogens (tertiary/aromatic N) is 2. The lowest BCUT2D eigenvalue weighted by molar-refractivity contribution is -0.893. The van der Waals surface area contributed by atoms with Gasteiger partial charge in [-0.15, -0.1) is 0 Å². The first-order valence-electron chi connectivity index (χ1n) is 10.7. The number of methoxy groups -OCH3 is 1. The fourth-order valence-electron chi connectivity index (χ4n) is 3.33. The van der Waals surface area contributed by atoms with Crippen LogP contribution in [0.15, 0.2) is 48.5 Å². The summed E-state index contributed by atoms with van der Waals surface area (Å²) in [6.07, 6.45) is 0.460. The van der Waals surface area contributed by atoms with E-state index in [2.05, 4.69) is 26.2 Å². The number of nitriles is 1. The van der Waals surface area contributed by atoms with Crippen molar-refractivity contribution in [3.63, 3.8) is 0 Å². The van der Waals surface area contributed by atoms with Gasteiger partial charge in [0, 0.05) is 12.0 Å². The molecule has 0 radical (unpaired) electrons. The number of hydrogen-bond donors (Lipinski definition) is 1. The molecule has 0 bridgehead atoms. The van der Waals surface area contributed by atoms with Crippen LogP contribution in [0.4, 0.5) is 0 Å². The van der Waals surface area contributed by atoms with Gasteiger partial charge in [0.05, 0.1) is 46.7 Å². The molecule has 1 atom stereocenters. The zero-order valence-corrected chi connectivity index (χ0v) is 19.1. The minimum atomic E-state index is -0.656. The number of ether oxygens (including phenoxy) is 3. The summed E-state index contributed by atoms with van der Waals surface area (Å²) in [5.41, 5.74) is 1.91. The van der Waals surface area contributed by atoms with Crippen LogP contribution in [0.2, 0.25) is 0 Å². The van der Waals surface area contributed by atoms with Crippen molar-refractivity contribution in [1.82, 2.24) is 0 Å². The summed E-state index contributed by atoms with van der Waals surface area (Å²) >= 11 is 0. The molecule has 32 heavy (non-hydrogen) atoms. The SMILES string of the molecule is COc1ccc(CC[N+](C)(C)CC(O)COc2ccccc2CC(=O)OCCC#N)cc1. The number of carbonyl (C=O) groups is 1. The topological polar surface area (TPSA) is 88.8 Å². The van der Waals surface area contributed by atoms with Crippen molar-refractivity contribution in [3.05, 3.63) is 59.7 Å². The van der Waals surface area contributed by atoms with Crippen molar-refractivity contribution in [3.8, 4) is 17.6 Å². The van der Waals surface area contributed by atoms with Crippen molar-refractivity contribution >= 4 is 5.97 Å². The maximum Gasteiger partial charge on any atom is 0.310 e. The molecule has 0 aliphatic heterocycles. The summed E-state index contributed by atoms with van der Waals surface area (Å²) in [5.74, 6) is 0.978. The predicted molar refractivity (Wildman–Crippen MR) is 121 cm³/mol. The highest BCUT2D eigenvalue weighted by Crippen LogP contribution is 2.20. The smallest absolute Gasteiger partial charge is 0.310 e. The van der Waals surface area contributed by atoms with E-state index in [0.29, 0.717) is 22.3 Å². The first-order chi connectivity index (χ1) is 15.3. The average Bonchev–Trinajstić information content (AvgIpc) is 2.77. The Morgan fingerprint density at radius 3 is 2.56 bits per heavy atom. The quantitative estimate of drug-likeness (QED) is 0.292. The number of likely N-dealkylation sites (N-methyl/N-ethyl adjacent to an activating group) is 1. The molecule has 172 valence electrons. The van der Waals surface area contributed by atoms with Gasteiger partial charge in [-0.25, -0.2) is 0 Å². The number of aliphatic hydroxyl groups excluding tert-OH is 1. The fraction of sp³-hybridized carbons (Fsp3) is 0.440. The van der Waals surface area contributed by atoms with E-state index < -0.39 is 12.1 Å². The van der Waals surface area contributed by atoms with Crippen LogP contribution in [0.3, 0.4) is 0 Å². The standard InChI is InChI=1S/C25H33N2O5/c1-27(2,15-13-20-9-11-23(30-3)12-10-20)18-22(28)19-32-24-8-5-4-7-21(24)17-25(29)31-16-6-14-26/h4-5,7-12,22,28H,6,13,15-19H2,1-3H3/q+1. The van der Waals surface area contributed by atoms with Crippen molar-refractivity contribution in [2.24, 2.45) is 0 Å². The highest BCUT2D eigenvalue weighted by Gasteiger charge is 2.21. The first-order valence-corrected chi connectivity index (χ1v) is 10.7. The minimum Gasteiger partial charge on any atom is -0.497 e. The minimum absolute atomic E-state index is 0.0567. The largest absolute Gasteiger partial charge is 0.497 e. The van der Waals surface area contributed by atoms with E-state index in [0.717, 1.165) is 18.7 Å². The molecule has 0 aliphatic carbocycles. The van der Waals surface area contributed by atoms with Gasteiger partial charge >= 0.3 is 5.97 Å². The lowest BCUT2D eigenvalue weighted by atomic mass is 10.1. The number of aliphatic hydroxyl groups is 1. The van der Waals surface area contributed by atoms with E-state index in [-0.39, 0.29) is 26.1 Å². The van der Waals surface area contributed by atoms with Gasteiger partial charge in [-0.05, 0) is 23.8 Å². The van der Waals surface area contributed by atoms with Crippen LogP contribution in [0, 0.1) is 11.3 Å². The number of para-hydroxylation sites is 1. The third-order valence-corrected chi connectivity index (χ3v) is 5.09. The predicted octanol–water partition coefficient (Wildman–Crippen LogP) is 2.75. The number of quaternary nitrogens is 1. The zero-order chi connectivity index (χ0) is 23.4. The second kappa shape index (κ2) is 12.7. The summed E-state index contributed by atoms with van der Waals surface area (Å²) < 4.78 is 16.7. The highest BCUT2D eigenvalue weighted by molar-refractivity contribution is 5.73. The number of benzene rings is 2. The van der Waals surface area contributed by atoms with Crippen LogP contribution in [0.1, 0.15) is 17.5 Å². The normalized spacial score (nSPS) is 12.0. The van der Waals surface area contributed by atoms with Crippen LogP contribution < -0.4 is 9.47 Å². The Labute approximate surface area is 190 Å². The van der Waals surface area contributed by atoms with Gasteiger partial charge in [0.1, 0.15) is 37.4 Å². The Balaban J connectivity index is 1.83. The maximum atomic E-state index is 11.9. The van der Waals surface area contributed by atoms with Crippen LogP contribution in [-0.2, 0) is 22.4 Å². The summed E-state index contributed by atoms with van der Waals surface area (Å²) in [7, 11) is 5.81. The van der Waals surface area contributed by atoms with E-state index in [1.165, 1.54) is 5.56 Å². The molecule has 1 N–H and O–H groups in total. The number of carbonyl (C=O) groups excluding carboxylic acids is 1. The van der Waals surface area contributed by atoms with Crippen molar-refractivity contribution in [2.45, 2.75) is 25.4 Å². The maximum absolute atomic E-state index is 11.9. The summed E-state index contributed by atoms with van der Waals surface area (Å²) in [4.78, 5) is 11.9. The molecular formula is C25H33N2O5+. The molecule has 0 saturated heterocycles. The molecule has 2 aromatic rings. The lowest BCUT2D eigenvalue weighted by Gasteiger charge is -2.32. The van der Waals surface area contributed by atoms with Crippen molar-refractivity contribution < 1.29 is 28.6 Å². The van der Waals surface area contributed by atoms with Gasteiger partial charge in [0.2, 0.25) is 0 Å². The van der Waals surface area contributed by atoms with E-state index in [1.807, 2.05) is 30.3 Å². The fourth-order valence-corrected chi connectivity index (χ4v) is 3.33. The van der Waals surface area contributed by atoms with Crippen LogP contribution >= 0.6 is 0 Å². The van der Waals surface area contributed by atoms with Gasteiger partial charge < -0.3 is 23.8 Å². The molecule has 0 saturated carbocycles. The Hall–Kier alpha value is -3.08. The van der Waals surface area contributed by atoms with E-state index in [4.69, 9.17) is 19.5 Å². The van der Waals surface area contributed by atoms with Gasteiger partial charge in [0.15, 0.2) is 0 Å². The van der Waals surface area contributed by atoms with Crippen molar-refractivity contribution in [1.29, 1.82) is 5.26 Å². The molecule has 0 spiro atoms. The average molecular weight is 442 g/mol. The molecule has 7 nitrogen and oxygen atoms in total. The highest BCUT2D eigenvalue weighted by atomic mass is 16.5. The molecule has 0 aliphatic rings. The van der Waals surface area contributed by atoms with E-state index in [9.17, 15) is 9.90 Å². The van der Waals surface area contributed by atoms with E-state index >= 15 is 0 Å². The lowest BCUT2D eigenvalue weighted by Crippen LogP contribution is -2.48. The first kappa shape index (κ1) is 25.2. The third-order valence-electron chi connectivity index (χ3n) is 5.09. The van der Waals surface area contributed by atoms with Gasteiger partial charge in [-0.1, -0.05) is 30.3 Å². The molecule has 0 aromatic heterocycles. The molecule has 0 fully saturated rings. The van der Waals surface area contributed by atoms with Crippen LogP contribution in [-0.4, -0.2) is 69.2 Å². The molecule has 1 unspecified atom stereocenters. The van der Waals surface area contributed by atoms with Gasteiger partial charge in [-0.2, -0.15) is 5.26 Å². The Kier molecular flexibility index (Phi) is 9.99. The van der Waals surface area contributed by atoms with Gasteiger partial charge in [0.25, 0.3) is 0 Å². The molecule has 7 heteroatoms.